The number of furan rings is 1. The van der Waals surface area contributed by atoms with Crippen molar-refractivity contribution < 1.29 is 4.42 Å². The Kier molecular flexibility index (Phi) is 5.00. The van der Waals surface area contributed by atoms with E-state index in [0.717, 1.165) is 44.4 Å². The van der Waals surface area contributed by atoms with Crippen LogP contribution in [0, 0.1) is 0 Å². The third-order valence-corrected chi connectivity index (χ3v) is 9.32. The zero-order valence-electron chi connectivity index (χ0n) is 24.3. The van der Waals surface area contributed by atoms with Crippen LogP contribution in [0.1, 0.15) is 0 Å². The van der Waals surface area contributed by atoms with Crippen LogP contribution in [0.15, 0.2) is 162 Å². The lowest BCUT2D eigenvalue weighted by atomic mass is 9.98. The quantitative estimate of drug-likeness (QED) is 0.206. The Morgan fingerprint density at radius 1 is 0.356 bits per heavy atom. The highest BCUT2D eigenvalue weighted by atomic mass is 16.3. The molecule has 210 valence electrons. The molecule has 0 saturated heterocycles. The summed E-state index contributed by atoms with van der Waals surface area (Å²) in [5.41, 5.74) is 11.1. The van der Waals surface area contributed by atoms with E-state index in [1.54, 1.807) is 0 Å². The normalized spacial score (nSPS) is 12.0. The van der Waals surface area contributed by atoms with Crippen LogP contribution >= 0.6 is 0 Å². The molecule has 3 heteroatoms. The Bertz CT molecular complexity index is 2710. The topological polar surface area (TPSA) is 23.0 Å². The average molecular weight is 575 g/mol. The summed E-state index contributed by atoms with van der Waals surface area (Å²) in [5, 5.41) is 7.22. The number of benzene rings is 7. The number of rotatable bonds is 3. The van der Waals surface area contributed by atoms with E-state index in [0.29, 0.717) is 0 Å². The van der Waals surface area contributed by atoms with E-state index in [9.17, 15) is 0 Å². The number of hydrogen-bond donors (Lipinski definition) is 0. The predicted octanol–water partition coefficient (Wildman–Crippen LogP) is 11.4. The molecule has 10 rings (SSSR count). The van der Waals surface area contributed by atoms with E-state index in [1.807, 2.05) is 6.07 Å². The van der Waals surface area contributed by atoms with Gasteiger partial charge in [-0.1, -0.05) is 103 Å². The number of fused-ring (bicyclic) bond motifs is 9. The first kappa shape index (κ1) is 24.4. The van der Waals surface area contributed by atoms with Gasteiger partial charge < -0.3 is 13.6 Å². The van der Waals surface area contributed by atoms with Crippen molar-refractivity contribution in [3.63, 3.8) is 0 Å². The van der Waals surface area contributed by atoms with Crippen molar-refractivity contribution >= 4 is 65.6 Å². The first-order valence-electron chi connectivity index (χ1n) is 15.4. The summed E-state index contributed by atoms with van der Waals surface area (Å²) in [6, 6.07) is 56.6. The van der Waals surface area contributed by atoms with E-state index in [-0.39, 0.29) is 0 Å². The Morgan fingerprint density at radius 2 is 0.911 bits per heavy atom. The van der Waals surface area contributed by atoms with Crippen molar-refractivity contribution in [2.24, 2.45) is 0 Å². The maximum absolute atomic E-state index is 6.48. The first-order valence-corrected chi connectivity index (χ1v) is 15.4. The highest BCUT2D eigenvalue weighted by molar-refractivity contribution is 6.13. The molecule has 0 amide bonds. The minimum Gasteiger partial charge on any atom is -0.456 e. The fourth-order valence-electron chi connectivity index (χ4n) is 7.35. The summed E-state index contributed by atoms with van der Waals surface area (Å²) >= 11 is 0. The van der Waals surface area contributed by atoms with Gasteiger partial charge >= 0.3 is 0 Å². The predicted molar refractivity (Wildman–Crippen MR) is 188 cm³/mol. The van der Waals surface area contributed by atoms with Crippen molar-refractivity contribution in [2.45, 2.75) is 0 Å². The molecule has 7 aromatic carbocycles. The molecule has 0 spiro atoms. The number of nitrogens with zero attached hydrogens (tertiary/aromatic N) is 2. The van der Waals surface area contributed by atoms with Gasteiger partial charge in [-0.25, -0.2) is 0 Å². The van der Waals surface area contributed by atoms with Gasteiger partial charge in [0, 0.05) is 49.6 Å². The molecule has 3 aromatic heterocycles. The van der Waals surface area contributed by atoms with Gasteiger partial charge in [-0.2, -0.15) is 0 Å². The largest absolute Gasteiger partial charge is 0.456 e. The van der Waals surface area contributed by atoms with Crippen molar-refractivity contribution in [3.8, 4) is 22.5 Å². The lowest BCUT2D eigenvalue weighted by Gasteiger charge is -2.15. The van der Waals surface area contributed by atoms with Gasteiger partial charge in [-0.05, 0) is 54.1 Å². The summed E-state index contributed by atoms with van der Waals surface area (Å²) in [6.45, 7) is 0. The highest BCUT2D eigenvalue weighted by Gasteiger charge is 2.20. The Balaban J connectivity index is 1.35. The molecule has 0 saturated carbocycles. The Hall–Kier alpha value is -6.06. The fraction of sp³-hybridized carbons (Fsp3) is 0. The molecular weight excluding hydrogens is 548 g/mol. The maximum atomic E-state index is 6.48. The van der Waals surface area contributed by atoms with Gasteiger partial charge in [0.25, 0.3) is 0 Å². The molecule has 3 heterocycles. The van der Waals surface area contributed by atoms with Crippen LogP contribution in [-0.4, -0.2) is 9.13 Å². The molecule has 0 aliphatic heterocycles. The number of para-hydroxylation sites is 5. The third kappa shape index (κ3) is 3.46. The van der Waals surface area contributed by atoms with Gasteiger partial charge in [0.15, 0.2) is 0 Å². The standard InChI is InChI=1S/C42H26N2O/c1-2-12-28(13-3-1)43-36-18-8-4-16-31(36)32-23-22-27(24-39(32)43)34-25-35-33-17-7-11-21-41(33)45-42(35)26-40(34)44-37-19-9-5-14-29(37)30-15-6-10-20-38(30)44/h1-26H. The fourth-order valence-corrected chi connectivity index (χ4v) is 7.35. The molecule has 0 aliphatic rings. The van der Waals surface area contributed by atoms with Gasteiger partial charge in [-0.3, -0.25) is 0 Å². The number of hydrogen-bond acceptors (Lipinski definition) is 1. The van der Waals surface area contributed by atoms with E-state index in [1.165, 1.54) is 43.6 Å². The van der Waals surface area contributed by atoms with Gasteiger partial charge in [0.2, 0.25) is 0 Å². The van der Waals surface area contributed by atoms with Gasteiger partial charge in [-0.15, -0.1) is 0 Å². The smallest absolute Gasteiger partial charge is 0.137 e. The van der Waals surface area contributed by atoms with Crippen molar-refractivity contribution in [1.82, 2.24) is 9.13 Å². The Labute approximate surface area is 258 Å². The molecule has 45 heavy (non-hydrogen) atoms. The molecule has 0 unspecified atom stereocenters. The van der Waals surface area contributed by atoms with E-state index in [4.69, 9.17) is 4.42 Å². The van der Waals surface area contributed by atoms with Crippen LogP contribution < -0.4 is 0 Å². The second-order valence-corrected chi connectivity index (χ2v) is 11.8. The maximum Gasteiger partial charge on any atom is 0.137 e. The summed E-state index contributed by atoms with van der Waals surface area (Å²) < 4.78 is 11.3. The minimum absolute atomic E-state index is 0.885. The molecule has 0 bridgehead atoms. The van der Waals surface area contributed by atoms with Crippen LogP contribution in [0.3, 0.4) is 0 Å². The van der Waals surface area contributed by atoms with Crippen molar-refractivity contribution in [3.05, 3.63) is 158 Å². The molecular formula is C42H26N2O. The highest BCUT2D eigenvalue weighted by Crippen LogP contribution is 2.42. The zero-order valence-corrected chi connectivity index (χ0v) is 24.3. The monoisotopic (exact) mass is 574 g/mol. The molecule has 0 aliphatic carbocycles. The van der Waals surface area contributed by atoms with Crippen LogP contribution in [-0.2, 0) is 0 Å². The van der Waals surface area contributed by atoms with Gasteiger partial charge in [0.1, 0.15) is 11.2 Å². The van der Waals surface area contributed by atoms with Crippen molar-refractivity contribution in [1.29, 1.82) is 0 Å². The molecule has 0 atom stereocenters. The van der Waals surface area contributed by atoms with E-state index in [2.05, 4.69) is 161 Å². The van der Waals surface area contributed by atoms with Crippen LogP contribution in [0.25, 0.3) is 88.1 Å². The van der Waals surface area contributed by atoms with E-state index >= 15 is 0 Å². The van der Waals surface area contributed by atoms with E-state index < -0.39 is 0 Å². The SMILES string of the molecule is c1ccc(-n2c3ccccc3c3ccc(-c4cc5c(cc4-n4c6ccccc6c6ccccc64)oc4ccccc45)cc32)cc1. The molecule has 0 fully saturated rings. The second-order valence-electron chi connectivity index (χ2n) is 11.8. The summed E-state index contributed by atoms with van der Waals surface area (Å²) in [7, 11) is 0. The lowest BCUT2D eigenvalue weighted by molar-refractivity contribution is 0.668. The van der Waals surface area contributed by atoms with Crippen LogP contribution in [0.5, 0.6) is 0 Å². The lowest BCUT2D eigenvalue weighted by Crippen LogP contribution is -1.98. The summed E-state index contributed by atoms with van der Waals surface area (Å²) in [5.74, 6) is 0. The van der Waals surface area contributed by atoms with Gasteiger partial charge in [0.05, 0.1) is 27.8 Å². The summed E-state index contributed by atoms with van der Waals surface area (Å²) in [4.78, 5) is 0. The first-order chi connectivity index (χ1) is 22.3. The number of aromatic nitrogens is 2. The second kappa shape index (κ2) is 9.22. The Morgan fingerprint density at radius 3 is 1.60 bits per heavy atom. The average Bonchev–Trinajstić information content (AvgIpc) is 3.75. The molecule has 3 nitrogen and oxygen atoms in total. The van der Waals surface area contributed by atoms with Crippen molar-refractivity contribution in [2.75, 3.05) is 0 Å². The van der Waals surface area contributed by atoms with Crippen LogP contribution in [0.2, 0.25) is 0 Å². The zero-order chi connectivity index (χ0) is 29.5. The summed E-state index contributed by atoms with van der Waals surface area (Å²) in [6.07, 6.45) is 0. The minimum atomic E-state index is 0.885. The van der Waals surface area contributed by atoms with Crippen LogP contribution in [0.4, 0.5) is 0 Å². The molecule has 0 radical (unpaired) electrons. The third-order valence-electron chi connectivity index (χ3n) is 9.32. The molecule has 10 aromatic rings. The molecule has 0 N–H and O–H groups in total.